The van der Waals surface area contributed by atoms with Crippen LogP contribution in [0.4, 0.5) is 18.0 Å². The summed E-state index contributed by atoms with van der Waals surface area (Å²) in [6.45, 7) is 1.29. The summed E-state index contributed by atoms with van der Waals surface area (Å²) in [5.41, 5.74) is 5.31. The summed E-state index contributed by atoms with van der Waals surface area (Å²) in [5.74, 6) is -0.0233. The van der Waals surface area contributed by atoms with Crippen molar-refractivity contribution < 1.29 is 22.7 Å². The fraction of sp³-hybridized carbons (Fsp3) is 0.417. The van der Waals surface area contributed by atoms with Crippen molar-refractivity contribution in [1.82, 2.24) is 0 Å². The molecule has 1 amide bonds. The normalized spacial score (nSPS) is 14.4. The molecule has 1 aliphatic carbocycles. The first-order chi connectivity index (χ1) is 8.30. The number of nitrogens with two attached hydrogens (primary N) is 1. The third-order valence-corrected chi connectivity index (χ3v) is 3.11. The van der Waals surface area contributed by atoms with Crippen LogP contribution < -0.4 is 10.5 Å². The van der Waals surface area contributed by atoms with E-state index in [1.165, 1.54) is 6.92 Å². The third-order valence-electron chi connectivity index (χ3n) is 3.11. The van der Waals surface area contributed by atoms with E-state index in [1.54, 1.807) is 0 Å². The molecule has 3 nitrogen and oxygen atoms in total. The molecular weight excluding hydrogens is 247 g/mol. The number of rotatable bonds is 1. The van der Waals surface area contributed by atoms with Crippen molar-refractivity contribution in [3.63, 3.8) is 0 Å². The first-order valence-electron chi connectivity index (χ1n) is 5.50. The zero-order valence-electron chi connectivity index (χ0n) is 9.73. The van der Waals surface area contributed by atoms with Crippen LogP contribution in [-0.2, 0) is 19.0 Å². The number of primary amides is 1. The molecule has 2 N–H and O–H groups in total. The molecule has 1 aromatic carbocycles. The average molecular weight is 259 g/mol. The lowest BCUT2D eigenvalue weighted by Crippen LogP contribution is -2.19. The van der Waals surface area contributed by atoms with Crippen LogP contribution in [0.2, 0.25) is 0 Å². The summed E-state index contributed by atoms with van der Waals surface area (Å²) in [6.07, 6.45) is -3.63. The van der Waals surface area contributed by atoms with E-state index < -0.39 is 17.8 Å². The van der Waals surface area contributed by atoms with Gasteiger partial charge in [0, 0.05) is 5.56 Å². The highest BCUT2D eigenvalue weighted by atomic mass is 19.4. The second-order valence-electron chi connectivity index (χ2n) is 4.29. The summed E-state index contributed by atoms with van der Waals surface area (Å²) < 4.78 is 43.4. The molecule has 0 bridgehead atoms. The Kier molecular flexibility index (Phi) is 2.96. The number of halogens is 3. The van der Waals surface area contributed by atoms with Gasteiger partial charge in [-0.05, 0) is 43.4 Å². The first kappa shape index (κ1) is 12.7. The molecule has 0 saturated heterocycles. The van der Waals surface area contributed by atoms with Crippen LogP contribution in [0.15, 0.2) is 6.07 Å². The highest BCUT2D eigenvalue weighted by molar-refractivity contribution is 5.70. The maximum Gasteiger partial charge on any atom is 0.416 e. The van der Waals surface area contributed by atoms with Gasteiger partial charge in [0.2, 0.25) is 0 Å². The molecule has 0 spiro atoms. The van der Waals surface area contributed by atoms with Crippen LogP contribution in [0.25, 0.3) is 0 Å². The van der Waals surface area contributed by atoms with Crippen molar-refractivity contribution in [3.8, 4) is 5.75 Å². The van der Waals surface area contributed by atoms with Gasteiger partial charge in [0.25, 0.3) is 0 Å². The van der Waals surface area contributed by atoms with Crippen molar-refractivity contribution in [2.45, 2.75) is 32.4 Å². The molecule has 6 heteroatoms. The lowest BCUT2D eigenvalue weighted by atomic mass is 9.99. The Morgan fingerprint density at radius 2 is 2.06 bits per heavy atom. The molecule has 1 aromatic rings. The van der Waals surface area contributed by atoms with E-state index in [9.17, 15) is 18.0 Å². The molecule has 0 atom stereocenters. The molecule has 2 rings (SSSR count). The van der Waals surface area contributed by atoms with Crippen LogP contribution >= 0.6 is 0 Å². The number of benzene rings is 1. The lowest BCUT2D eigenvalue weighted by Gasteiger charge is -2.17. The molecule has 0 unspecified atom stereocenters. The molecular formula is C12H12F3NO2. The zero-order valence-corrected chi connectivity index (χ0v) is 9.73. The Morgan fingerprint density at radius 1 is 1.39 bits per heavy atom. The average Bonchev–Trinajstić information content (AvgIpc) is 2.67. The monoisotopic (exact) mass is 259 g/mol. The van der Waals surface area contributed by atoms with Gasteiger partial charge in [-0.15, -0.1) is 0 Å². The predicted molar refractivity (Wildman–Crippen MR) is 58.4 cm³/mol. The van der Waals surface area contributed by atoms with Gasteiger partial charge in [-0.2, -0.15) is 13.2 Å². The Labute approximate surface area is 102 Å². The van der Waals surface area contributed by atoms with E-state index in [0.29, 0.717) is 24.0 Å². The van der Waals surface area contributed by atoms with Crippen LogP contribution in [0.5, 0.6) is 5.75 Å². The highest BCUT2D eigenvalue weighted by Crippen LogP contribution is 2.42. The quantitative estimate of drug-likeness (QED) is 0.843. The Morgan fingerprint density at radius 3 is 2.61 bits per heavy atom. The Bertz CT molecular complexity index is 509. The molecule has 98 valence electrons. The van der Waals surface area contributed by atoms with Crippen LogP contribution in [0.1, 0.15) is 28.7 Å². The smallest absolute Gasteiger partial charge is 0.410 e. The molecule has 0 radical (unpaired) electrons. The standard InChI is InChI=1S/C12H12F3NO2/c1-6-9(12(13,14)15)5-7-3-2-4-8(7)10(6)18-11(16)17/h5H,2-4H2,1H3,(H2,16,17). The fourth-order valence-corrected chi connectivity index (χ4v) is 2.35. The molecule has 0 saturated carbocycles. The number of ether oxygens (including phenoxy) is 1. The number of fused-ring (bicyclic) bond motifs is 1. The zero-order chi connectivity index (χ0) is 13.5. The Balaban J connectivity index is 2.63. The Hall–Kier alpha value is -1.72. The van der Waals surface area contributed by atoms with E-state index in [4.69, 9.17) is 10.5 Å². The van der Waals surface area contributed by atoms with Crippen molar-refractivity contribution in [2.24, 2.45) is 5.73 Å². The summed E-state index contributed by atoms with van der Waals surface area (Å²) >= 11 is 0. The van der Waals surface area contributed by atoms with Crippen molar-refractivity contribution in [3.05, 3.63) is 28.3 Å². The number of hydrogen-bond donors (Lipinski definition) is 1. The maximum atomic E-state index is 12.9. The third kappa shape index (κ3) is 2.14. The van der Waals surface area contributed by atoms with Gasteiger partial charge in [0.15, 0.2) is 0 Å². The summed E-state index contributed by atoms with van der Waals surface area (Å²) in [6, 6.07) is 1.14. The summed E-state index contributed by atoms with van der Waals surface area (Å²) in [4.78, 5) is 10.8. The van der Waals surface area contributed by atoms with E-state index >= 15 is 0 Å². The van der Waals surface area contributed by atoms with Crippen molar-refractivity contribution in [1.29, 1.82) is 0 Å². The summed E-state index contributed by atoms with van der Waals surface area (Å²) in [7, 11) is 0. The van der Waals surface area contributed by atoms with Gasteiger partial charge in [0.1, 0.15) is 5.75 Å². The van der Waals surface area contributed by atoms with Gasteiger partial charge < -0.3 is 10.5 Å². The maximum absolute atomic E-state index is 12.9. The fourth-order valence-electron chi connectivity index (χ4n) is 2.35. The number of hydrogen-bond acceptors (Lipinski definition) is 2. The van der Waals surface area contributed by atoms with E-state index in [0.717, 1.165) is 12.5 Å². The van der Waals surface area contributed by atoms with Gasteiger partial charge >= 0.3 is 12.3 Å². The van der Waals surface area contributed by atoms with Crippen LogP contribution in [-0.4, -0.2) is 6.09 Å². The van der Waals surface area contributed by atoms with E-state index in [-0.39, 0.29) is 11.3 Å². The molecule has 1 aliphatic rings. The van der Waals surface area contributed by atoms with Gasteiger partial charge in [0.05, 0.1) is 5.56 Å². The van der Waals surface area contributed by atoms with Crippen molar-refractivity contribution >= 4 is 6.09 Å². The second-order valence-corrected chi connectivity index (χ2v) is 4.29. The molecule has 0 fully saturated rings. The highest BCUT2D eigenvalue weighted by Gasteiger charge is 2.36. The molecule has 0 aromatic heterocycles. The van der Waals surface area contributed by atoms with Crippen LogP contribution in [0.3, 0.4) is 0 Å². The van der Waals surface area contributed by atoms with Crippen molar-refractivity contribution in [2.75, 3.05) is 0 Å². The SMILES string of the molecule is Cc1c(C(F)(F)F)cc2c(c1OC(N)=O)CCC2. The molecule has 18 heavy (non-hydrogen) atoms. The molecule has 0 heterocycles. The van der Waals surface area contributed by atoms with Gasteiger partial charge in [-0.25, -0.2) is 4.79 Å². The minimum Gasteiger partial charge on any atom is -0.410 e. The largest absolute Gasteiger partial charge is 0.416 e. The topological polar surface area (TPSA) is 52.3 Å². The minimum atomic E-state index is -4.46. The predicted octanol–water partition coefficient (Wildman–Crippen LogP) is 2.96. The lowest BCUT2D eigenvalue weighted by molar-refractivity contribution is -0.138. The number of aryl methyl sites for hydroxylation is 1. The number of amides is 1. The van der Waals surface area contributed by atoms with E-state index in [1.807, 2.05) is 0 Å². The van der Waals surface area contributed by atoms with Gasteiger partial charge in [-0.3, -0.25) is 0 Å². The number of carbonyl (C=O) groups excluding carboxylic acids is 1. The second kappa shape index (κ2) is 4.19. The molecule has 0 aliphatic heterocycles. The minimum absolute atomic E-state index is 0.0233. The number of carbonyl (C=O) groups is 1. The van der Waals surface area contributed by atoms with Gasteiger partial charge in [-0.1, -0.05) is 0 Å². The van der Waals surface area contributed by atoms with Crippen LogP contribution in [0, 0.1) is 6.92 Å². The van der Waals surface area contributed by atoms with E-state index in [2.05, 4.69) is 0 Å². The number of alkyl halides is 3. The first-order valence-corrected chi connectivity index (χ1v) is 5.50. The summed E-state index contributed by atoms with van der Waals surface area (Å²) in [5, 5.41) is 0.